The first-order valence-electron chi connectivity index (χ1n) is 5.88. The number of hydrogen-bond acceptors (Lipinski definition) is 5. The Morgan fingerprint density at radius 1 is 1.43 bits per heavy atom. The second-order valence-corrected chi connectivity index (χ2v) is 8.14. The molecule has 0 aliphatic carbocycles. The first-order chi connectivity index (χ1) is 9.47. The smallest absolute Gasteiger partial charge is 0.288 e. The molecule has 0 saturated heterocycles. The third-order valence-corrected chi connectivity index (χ3v) is 5.65. The molecule has 1 rings (SSSR count). The van der Waals surface area contributed by atoms with Gasteiger partial charge in [0.25, 0.3) is 11.6 Å². The number of carbonyl (C=O) groups excluding carboxylic acids is 1. The van der Waals surface area contributed by atoms with Crippen molar-refractivity contribution in [3.8, 4) is 0 Å². The number of hydrogen-bond donors (Lipinski definition) is 1. The highest BCUT2D eigenvalue weighted by atomic mass is 35.5. The zero-order valence-electron chi connectivity index (χ0n) is 11.7. The lowest BCUT2D eigenvalue weighted by molar-refractivity contribution is -0.384. The summed E-state index contributed by atoms with van der Waals surface area (Å²) in [4.78, 5) is 22.1. The molecule has 0 bridgehead atoms. The molecule has 9 heteroatoms. The summed E-state index contributed by atoms with van der Waals surface area (Å²) in [5.74, 6) is -0.666. The van der Waals surface area contributed by atoms with E-state index in [0.29, 0.717) is 0 Å². The zero-order valence-corrected chi connectivity index (χ0v) is 13.3. The summed E-state index contributed by atoms with van der Waals surface area (Å²) in [5.41, 5.74) is -0.457. The van der Waals surface area contributed by atoms with Gasteiger partial charge in [-0.05, 0) is 19.9 Å². The summed E-state index contributed by atoms with van der Waals surface area (Å²) >= 11 is 5.82. The molecule has 1 N–H and O–H groups in total. The van der Waals surface area contributed by atoms with Crippen molar-refractivity contribution in [2.75, 3.05) is 12.8 Å². The number of nitrogens with one attached hydrogen (secondary N) is 1. The van der Waals surface area contributed by atoms with E-state index in [1.165, 1.54) is 32.0 Å². The van der Waals surface area contributed by atoms with Crippen LogP contribution in [-0.2, 0) is 9.84 Å². The average molecular weight is 335 g/mol. The fourth-order valence-electron chi connectivity index (χ4n) is 1.36. The topological polar surface area (TPSA) is 106 Å². The summed E-state index contributed by atoms with van der Waals surface area (Å²) in [6.07, 6.45) is 1.07. The summed E-state index contributed by atoms with van der Waals surface area (Å²) in [6, 6.07) is 3.85. The van der Waals surface area contributed by atoms with Crippen LogP contribution in [0.4, 0.5) is 5.69 Å². The van der Waals surface area contributed by atoms with E-state index in [1.807, 2.05) is 0 Å². The van der Waals surface area contributed by atoms with Crippen LogP contribution in [0, 0.1) is 10.1 Å². The summed E-state index contributed by atoms with van der Waals surface area (Å²) in [7, 11) is -3.37. The van der Waals surface area contributed by atoms with E-state index in [2.05, 4.69) is 5.32 Å². The molecular weight excluding hydrogens is 320 g/mol. The number of halogens is 1. The molecule has 0 heterocycles. The maximum absolute atomic E-state index is 12.0. The molecule has 0 radical (unpaired) electrons. The van der Waals surface area contributed by atoms with Gasteiger partial charge in [-0.3, -0.25) is 14.9 Å². The third kappa shape index (κ3) is 3.92. The minimum Gasteiger partial charge on any atom is -0.350 e. The van der Waals surface area contributed by atoms with Crippen LogP contribution in [0.2, 0.25) is 5.02 Å². The second-order valence-electron chi connectivity index (χ2n) is 5.11. The lowest BCUT2D eigenvalue weighted by Crippen LogP contribution is -2.43. The molecule has 1 amide bonds. The quantitative estimate of drug-likeness (QED) is 0.652. The summed E-state index contributed by atoms with van der Waals surface area (Å²) < 4.78 is 21.9. The highest BCUT2D eigenvalue weighted by Gasteiger charge is 2.31. The molecule has 0 aliphatic rings. The van der Waals surface area contributed by atoms with Crippen molar-refractivity contribution in [3.05, 3.63) is 38.9 Å². The maximum Gasteiger partial charge on any atom is 0.288 e. The van der Waals surface area contributed by atoms with Crippen molar-refractivity contribution in [2.45, 2.75) is 18.6 Å². The Bertz CT molecular complexity index is 685. The van der Waals surface area contributed by atoms with E-state index in [9.17, 15) is 23.3 Å². The molecule has 0 saturated carbocycles. The predicted molar refractivity (Wildman–Crippen MR) is 79.4 cm³/mol. The lowest BCUT2D eigenvalue weighted by Gasteiger charge is -2.22. The minimum absolute atomic E-state index is 0.0739. The first kappa shape index (κ1) is 17.4. The van der Waals surface area contributed by atoms with Crippen LogP contribution in [-0.4, -0.2) is 36.8 Å². The molecule has 0 atom stereocenters. The molecule has 116 valence electrons. The Morgan fingerprint density at radius 2 is 2.00 bits per heavy atom. The third-order valence-electron chi connectivity index (χ3n) is 3.10. The fraction of sp³-hybridized carbons (Fsp3) is 0.417. The number of nitrogens with zero attached hydrogens (tertiary/aromatic N) is 1. The largest absolute Gasteiger partial charge is 0.350 e. The van der Waals surface area contributed by atoms with Gasteiger partial charge >= 0.3 is 0 Å². The fourth-order valence-corrected chi connectivity index (χ4v) is 1.97. The Kier molecular flexibility index (Phi) is 4.95. The van der Waals surface area contributed by atoms with Gasteiger partial charge in [-0.2, -0.15) is 0 Å². The van der Waals surface area contributed by atoms with E-state index in [0.717, 1.165) is 6.26 Å². The minimum atomic E-state index is -3.37. The van der Waals surface area contributed by atoms with Crippen molar-refractivity contribution >= 4 is 33.0 Å². The molecule has 0 spiro atoms. The number of sulfone groups is 1. The number of carbonyl (C=O) groups is 1. The van der Waals surface area contributed by atoms with E-state index >= 15 is 0 Å². The van der Waals surface area contributed by atoms with Crippen molar-refractivity contribution < 1.29 is 18.1 Å². The van der Waals surface area contributed by atoms with Crippen LogP contribution < -0.4 is 5.32 Å². The van der Waals surface area contributed by atoms with Gasteiger partial charge < -0.3 is 5.32 Å². The molecule has 0 aliphatic heterocycles. The van der Waals surface area contributed by atoms with Gasteiger partial charge in [-0.1, -0.05) is 17.7 Å². The Hall–Kier alpha value is -1.67. The average Bonchev–Trinajstić information content (AvgIpc) is 2.34. The van der Waals surface area contributed by atoms with Gasteiger partial charge in [0.1, 0.15) is 5.02 Å². The highest BCUT2D eigenvalue weighted by Crippen LogP contribution is 2.27. The molecule has 7 nitrogen and oxygen atoms in total. The van der Waals surface area contributed by atoms with E-state index in [-0.39, 0.29) is 22.8 Å². The number of benzene rings is 1. The molecule has 1 aromatic rings. The van der Waals surface area contributed by atoms with Crippen LogP contribution >= 0.6 is 11.6 Å². The van der Waals surface area contributed by atoms with Crippen LogP contribution in [0.25, 0.3) is 0 Å². The number of nitro groups is 1. The standard InChI is InChI=1S/C12H15ClN2O5S/c1-12(2,21(3,19)20)7-14-11(16)8-5-4-6-9(10(8)13)15(17)18/h4-6H,7H2,1-3H3,(H,14,16). The summed E-state index contributed by atoms with van der Waals surface area (Å²) in [5, 5.41) is 12.9. The number of nitro benzene ring substituents is 1. The van der Waals surface area contributed by atoms with E-state index < -0.39 is 25.4 Å². The van der Waals surface area contributed by atoms with Gasteiger partial charge in [0, 0.05) is 18.9 Å². The Labute approximate surface area is 127 Å². The molecule has 0 fully saturated rings. The van der Waals surface area contributed by atoms with Crippen molar-refractivity contribution in [1.29, 1.82) is 0 Å². The normalized spacial score (nSPS) is 12.0. The van der Waals surface area contributed by atoms with Crippen LogP contribution in [0.3, 0.4) is 0 Å². The van der Waals surface area contributed by atoms with Gasteiger partial charge in [-0.25, -0.2) is 8.42 Å². The van der Waals surface area contributed by atoms with Gasteiger partial charge in [-0.15, -0.1) is 0 Å². The van der Waals surface area contributed by atoms with Crippen molar-refractivity contribution in [2.24, 2.45) is 0 Å². The van der Waals surface area contributed by atoms with Crippen LogP contribution in [0.15, 0.2) is 18.2 Å². The highest BCUT2D eigenvalue weighted by molar-refractivity contribution is 7.92. The SMILES string of the molecule is CC(C)(CNC(=O)c1cccc([N+](=O)[O-])c1Cl)S(C)(=O)=O. The first-order valence-corrected chi connectivity index (χ1v) is 8.15. The van der Waals surface area contributed by atoms with E-state index in [4.69, 9.17) is 11.6 Å². The molecule has 0 aromatic heterocycles. The Morgan fingerprint density at radius 3 is 2.48 bits per heavy atom. The molecular formula is C12H15ClN2O5S. The second kappa shape index (κ2) is 5.98. The van der Waals surface area contributed by atoms with Crippen molar-refractivity contribution in [1.82, 2.24) is 5.32 Å². The van der Waals surface area contributed by atoms with Gasteiger partial charge in [0.15, 0.2) is 9.84 Å². The predicted octanol–water partition coefficient (Wildman–Crippen LogP) is 1.80. The van der Waals surface area contributed by atoms with Crippen LogP contribution in [0.1, 0.15) is 24.2 Å². The van der Waals surface area contributed by atoms with E-state index in [1.54, 1.807) is 0 Å². The molecule has 0 unspecified atom stereocenters. The van der Waals surface area contributed by atoms with Gasteiger partial charge in [0.2, 0.25) is 0 Å². The van der Waals surface area contributed by atoms with Crippen molar-refractivity contribution in [3.63, 3.8) is 0 Å². The van der Waals surface area contributed by atoms with Gasteiger partial charge in [0.05, 0.1) is 15.2 Å². The monoisotopic (exact) mass is 334 g/mol. The number of rotatable bonds is 5. The zero-order chi connectivity index (χ0) is 16.4. The summed E-state index contributed by atoms with van der Waals surface area (Å²) in [6.45, 7) is 2.80. The number of amides is 1. The molecule has 1 aromatic carbocycles. The Balaban J connectivity index is 2.97. The maximum atomic E-state index is 12.0. The van der Waals surface area contributed by atoms with Crippen LogP contribution in [0.5, 0.6) is 0 Å². The molecule has 21 heavy (non-hydrogen) atoms. The lowest BCUT2D eigenvalue weighted by atomic mass is 10.1.